The fourth-order valence-electron chi connectivity index (χ4n) is 0.733. The van der Waals surface area contributed by atoms with E-state index in [2.05, 4.69) is 23.9 Å². The molecule has 1 aromatic heterocycles. The van der Waals surface area contributed by atoms with Gasteiger partial charge >= 0.3 is 0 Å². The lowest BCUT2D eigenvalue weighted by Crippen LogP contribution is -2.02. The average molecular weight is 160 g/mol. The van der Waals surface area contributed by atoms with Crippen molar-refractivity contribution in [2.45, 2.75) is 5.03 Å². The molecule has 0 bridgehead atoms. The van der Waals surface area contributed by atoms with Crippen LogP contribution < -0.4 is 0 Å². The maximum Gasteiger partial charge on any atom is 0.118 e. The number of aromatic nitrogens is 2. The molecule has 1 N–H and O–H groups in total. The molecule has 1 aromatic rings. The molecule has 0 aromatic carbocycles. The monoisotopic (exact) mass is 160 g/mol. The first-order valence-corrected chi connectivity index (χ1v) is 5.79. The lowest BCUT2D eigenvalue weighted by molar-refractivity contribution is 0.125. The van der Waals surface area contributed by atoms with E-state index in [9.17, 15) is 0 Å². The summed E-state index contributed by atoms with van der Waals surface area (Å²) in [6, 6.07) is 1.84. The average Bonchev–Trinajstić information content (AvgIpc) is 2.11. The normalized spacial score (nSPS) is 13.5. The van der Waals surface area contributed by atoms with E-state index in [1.54, 1.807) is 6.20 Å². The van der Waals surface area contributed by atoms with Gasteiger partial charge in [0.15, 0.2) is 0 Å². The molecule has 0 atom stereocenters. The summed E-state index contributed by atoms with van der Waals surface area (Å²) in [5.74, 6) is 0. The van der Waals surface area contributed by atoms with Gasteiger partial charge in [-0.05, 0) is 24.8 Å². The van der Waals surface area contributed by atoms with Crippen molar-refractivity contribution in [3.63, 3.8) is 0 Å². The van der Waals surface area contributed by atoms with Gasteiger partial charge in [-0.1, -0.05) is 4.85 Å². The first kappa shape index (κ1) is 7.47. The molecule has 1 rings (SSSR count). The van der Waals surface area contributed by atoms with Gasteiger partial charge in [0, 0.05) is 0 Å². The second-order valence-corrected chi connectivity index (χ2v) is 6.99. The number of rotatable bonds is 1. The molecule has 10 heavy (non-hydrogen) atoms. The van der Waals surface area contributed by atoms with Gasteiger partial charge in [-0.15, -0.1) is 5.10 Å². The lowest BCUT2D eigenvalue weighted by Gasteiger charge is -2.23. The molecule has 0 aliphatic heterocycles. The molecule has 0 aliphatic carbocycles. The highest BCUT2D eigenvalue weighted by molar-refractivity contribution is 8.32. The van der Waals surface area contributed by atoms with Gasteiger partial charge in [-0.25, -0.2) is 10.0 Å². The summed E-state index contributed by atoms with van der Waals surface area (Å²) in [4.78, 5) is 0.954. The van der Waals surface area contributed by atoms with Gasteiger partial charge in [0.2, 0.25) is 0 Å². The van der Waals surface area contributed by atoms with Crippen LogP contribution in [0.3, 0.4) is 0 Å². The van der Waals surface area contributed by atoms with E-state index in [0.717, 1.165) is 9.87 Å². The van der Waals surface area contributed by atoms with Crippen LogP contribution in [0.2, 0.25) is 0 Å². The first-order valence-electron chi connectivity index (χ1n) is 2.93. The maximum atomic E-state index is 9.11. The van der Waals surface area contributed by atoms with Crippen molar-refractivity contribution in [2.24, 2.45) is 0 Å². The molecule has 0 unspecified atom stereocenters. The van der Waals surface area contributed by atoms with Crippen molar-refractivity contribution in [1.82, 2.24) is 9.94 Å². The Labute approximate surface area is 61.9 Å². The predicted octanol–water partition coefficient (Wildman–Crippen LogP) is 1.17. The number of hydrogen-bond acceptors (Lipinski definition) is 2. The topological polar surface area (TPSA) is 38.0 Å². The van der Waals surface area contributed by atoms with Crippen LogP contribution in [-0.2, 0) is 0 Å². The molecular formula is C6H12N2OS. The molecule has 58 valence electrons. The summed E-state index contributed by atoms with van der Waals surface area (Å²) in [5, 5.41) is 13.7. The number of nitrogens with zero attached hydrogens (tertiary/aromatic N) is 2. The second kappa shape index (κ2) is 2.20. The highest BCUT2D eigenvalue weighted by atomic mass is 32.3. The molecule has 0 spiro atoms. The van der Waals surface area contributed by atoms with E-state index in [1.807, 2.05) is 6.07 Å². The smallest absolute Gasteiger partial charge is 0.118 e. The van der Waals surface area contributed by atoms with Gasteiger partial charge < -0.3 is 5.21 Å². The minimum Gasteiger partial charge on any atom is -0.411 e. The largest absolute Gasteiger partial charge is 0.411 e. The Bertz CT molecular complexity index is 226. The summed E-state index contributed by atoms with van der Waals surface area (Å²) in [7, 11) is -0.840. The zero-order chi connectivity index (χ0) is 7.78. The summed E-state index contributed by atoms with van der Waals surface area (Å²) in [5.41, 5.74) is 0. The highest BCUT2D eigenvalue weighted by Crippen LogP contribution is 2.43. The van der Waals surface area contributed by atoms with E-state index in [0.29, 0.717) is 0 Å². The molecule has 0 radical (unpaired) electrons. The van der Waals surface area contributed by atoms with Crippen LogP contribution in [0.25, 0.3) is 0 Å². The minimum absolute atomic E-state index is 0.840. The zero-order valence-corrected chi connectivity index (χ0v) is 7.22. The van der Waals surface area contributed by atoms with Crippen molar-refractivity contribution in [2.75, 3.05) is 18.8 Å². The van der Waals surface area contributed by atoms with E-state index in [4.69, 9.17) is 5.21 Å². The van der Waals surface area contributed by atoms with Gasteiger partial charge in [0.1, 0.15) is 5.03 Å². The first-order chi connectivity index (χ1) is 4.52. The molecule has 4 heteroatoms. The quantitative estimate of drug-likeness (QED) is 0.626. The SMILES string of the molecule is CS(C)(C)c1ccnn1O. The number of hydrogen-bond donors (Lipinski definition) is 1. The van der Waals surface area contributed by atoms with Crippen molar-refractivity contribution in [1.29, 1.82) is 0 Å². The summed E-state index contributed by atoms with van der Waals surface area (Å²) < 4.78 is 0. The highest BCUT2D eigenvalue weighted by Gasteiger charge is 2.12. The Morgan fingerprint density at radius 3 is 2.30 bits per heavy atom. The van der Waals surface area contributed by atoms with Crippen LogP contribution in [0.15, 0.2) is 17.3 Å². The molecule has 0 saturated heterocycles. The summed E-state index contributed by atoms with van der Waals surface area (Å²) in [6.45, 7) is 0. The van der Waals surface area contributed by atoms with Crippen LogP contribution in [0.1, 0.15) is 0 Å². The molecule has 1 heterocycles. The standard InChI is InChI=1S/C6H12N2OS/c1-10(2,3)6-4-5-7-8(6)9/h4-5,9H,1-3H3. The maximum absolute atomic E-state index is 9.11. The van der Waals surface area contributed by atoms with Crippen LogP contribution in [-0.4, -0.2) is 33.9 Å². The van der Waals surface area contributed by atoms with E-state index in [1.165, 1.54) is 0 Å². The predicted molar refractivity (Wildman–Crippen MR) is 43.0 cm³/mol. The molecule has 0 amide bonds. The molecule has 0 aliphatic rings. The molecule has 0 fully saturated rings. The van der Waals surface area contributed by atoms with Crippen LogP contribution in [0.5, 0.6) is 0 Å². The Morgan fingerprint density at radius 2 is 2.10 bits per heavy atom. The minimum atomic E-state index is -0.840. The van der Waals surface area contributed by atoms with Gasteiger partial charge in [0.05, 0.1) is 6.20 Å². The van der Waals surface area contributed by atoms with Crippen LogP contribution >= 0.6 is 10.0 Å². The molecular weight excluding hydrogens is 148 g/mol. The van der Waals surface area contributed by atoms with Crippen LogP contribution in [0.4, 0.5) is 0 Å². The third-order valence-electron chi connectivity index (χ3n) is 1.22. The summed E-state index contributed by atoms with van der Waals surface area (Å²) in [6.07, 6.45) is 7.93. The van der Waals surface area contributed by atoms with E-state index >= 15 is 0 Å². The van der Waals surface area contributed by atoms with Crippen molar-refractivity contribution in [3.05, 3.63) is 12.3 Å². The van der Waals surface area contributed by atoms with E-state index < -0.39 is 10.0 Å². The van der Waals surface area contributed by atoms with Crippen molar-refractivity contribution >= 4 is 10.0 Å². The zero-order valence-electron chi connectivity index (χ0n) is 6.40. The van der Waals surface area contributed by atoms with Crippen molar-refractivity contribution < 1.29 is 5.21 Å². The third kappa shape index (κ3) is 1.26. The lowest BCUT2D eigenvalue weighted by atomic mass is 10.8. The molecule has 3 nitrogen and oxygen atoms in total. The fourth-order valence-corrected chi connectivity index (χ4v) is 1.74. The van der Waals surface area contributed by atoms with Gasteiger partial charge in [-0.2, -0.15) is 0 Å². The van der Waals surface area contributed by atoms with Crippen LogP contribution in [0, 0.1) is 0 Å². The Kier molecular flexibility index (Phi) is 1.64. The fraction of sp³-hybridized carbons (Fsp3) is 0.500. The van der Waals surface area contributed by atoms with E-state index in [-0.39, 0.29) is 0 Å². The second-order valence-electron chi connectivity index (χ2n) is 2.90. The Morgan fingerprint density at radius 1 is 1.50 bits per heavy atom. The third-order valence-corrected chi connectivity index (χ3v) is 2.77. The Hall–Kier alpha value is -0.640. The Balaban J connectivity index is 3.05. The van der Waals surface area contributed by atoms with Gasteiger partial charge in [-0.3, -0.25) is 0 Å². The molecule has 0 saturated carbocycles. The van der Waals surface area contributed by atoms with Gasteiger partial charge in [0.25, 0.3) is 0 Å². The van der Waals surface area contributed by atoms with Crippen molar-refractivity contribution in [3.8, 4) is 0 Å². The summed E-state index contributed by atoms with van der Waals surface area (Å²) >= 11 is 0.